The Morgan fingerprint density at radius 2 is 1.46 bits per heavy atom. The lowest BCUT2D eigenvalue weighted by Gasteiger charge is -2.08. The molecule has 28 heavy (non-hydrogen) atoms. The Kier molecular flexibility index (Phi) is 4.55. The molecule has 3 heterocycles. The molecule has 0 bridgehead atoms. The topological polar surface area (TPSA) is 70.7 Å². The fourth-order valence-electron chi connectivity index (χ4n) is 2.25. The highest BCUT2D eigenvalue weighted by atomic mass is 19.4. The van der Waals surface area contributed by atoms with Crippen LogP contribution in [0.15, 0.2) is 18.3 Å². The standard InChI is InChI=1S/C15H12F6N6O/c1-7-6-22-12(8-4-9(14(16,17)18)24-26(8)2)23-13(7)28-11-5-10(15(19,20)21)25-27(11)3/h4-6H,1-3H3. The van der Waals surface area contributed by atoms with Gasteiger partial charge < -0.3 is 4.74 Å². The highest BCUT2D eigenvalue weighted by Gasteiger charge is 2.36. The first-order valence-electron chi connectivity index (χ1n) is 7.60. The summed E-state index contributed by atoms with van der Waals surface area (Å²) in [5.41, 5.74) is -1.97. The summed E-state index contributed by atoms with van der Waals surface area (Å²) in [5.74, 6) is -0.512. The highest BCUT2D eigenvalue weighted by molar-refractivity contribution is 5.52. The second kappa shape index (κ2) is 6.49. The first-order chi connectivity index (χ1) is 12.9. The summed E-state index contributed by atoms with van der Waals surface area (Å²) < 4.78 is 84.0. The van der Waals surface area contributed by atoms with E-state index in [2.05, 4.69) is 20.2 Å². The van der Waals surface area contributed by atoms with Crippen LogP contribution in [0.25, 0.3) is 11.5 Å². The molecule has 0 aromatic carbocycles. The molecule has 150 valence electrons. The SMILES string of the molecule is Cc1cnc(-c2cc(C(F)(F)F)nn2C)nc1Oc1cc(C(F)(F)F)nn1C. The highest BCUT2D eigenvalue weighted by Crippen LogP contribution is 2.33. The number of hydrogen-bond donors (Lipinski definition) is 0. The molecular weight excluding hydrogens is 394 g/mol. The van der Waals surface area contributed by atoms with E-state index in [9.17, 15) is 26.3 Å². The van der Waals surface area contributed by atoms with Crippen molar-refractivity contribution in [3.63, 3.8) is 0 Å². The van der Waals surface area contributed by atoms with E-state index < -0.39 is 23.7 Å². The first-order valence-corrected chi connectivity index (χ1v) is 7.60. The van der Waals surface area contributed by atoms with Crippen LogP contribution in [-0.2, 0) is 26.4 Å². The predicted octanol–water partition coefficient (Wildman–Crippen LogP) is 3.75. The van der Waals surface area contributed by atoms with Gasteiger partial charge in [-0.05, 0) is 13.0 Å². The molecule has 0 saturated carbocycles. The van der Waals surface area contributed by atoms with Gasteiger partial charge >= 0.3 is 12.4 Å². The molecule has 3 rings (SSSR count). The van der Waals surface area contributed by atoms with Crippen molar-refractivity contribution in [2.24, 2.45) is 14.1 Å². The molecule has 0 unspecified atom stereocenters. The molecule has 0 aliphatic rings. The van der Waals surface area contributed by atoms with Crippen molar-refractivity contribution in [3.05, 3.63) is 35.3 Å². The normalized spacial score (nSPS) is 12.5. The third kappa shape index (κ3) is 3.77. The maximum absolute atomic E-state index is 12.8. The number of nitrogens with zero attached hydrogens (tertiary/aromatic N) is 6. The van der Waals surface area contributed by atoms with Crippen LogP contribution in [0.3, 0.4) is 0 Å². The van der Waals surface area contributed by atoms with Crippen LogP contribution in [0.5, 0.6) is 11.8 Å². The number of halogens is 6. The summed E-state index contributed by atoms with van der Waals surface area (Å²) in [4.78, 5) is 7.97. The van der Waals surface area contributed by atoms with Crippen LogP contribution >= 0.6 is 0 Å². The number of rotatable bonds is 3. The van der Waals surface area contributed by atoms with Crippen LogP contribution in [0.4, 0.5) is 26.3 Å². The Hall–Kier alpha value is -3.12. The quantitative estimate of drug-likeness (QED) is 0.620. The van der Waals surface area contributed by atoms with Crippen molar-refractivity contribution < 1.29 is 31.1 Å². The minimum absolute atomic E-state index is 0.0434. The first kappa shape index (κ1) is 19.6. The Morgan fingerprint density at radius 3 is 2.00 bits per heavy atom. The van der Waals surface area contributed by atoms with Crippen LogP contribution in [0.2, 0.25) is 0 Å². The summed E-state index contributed by atoms with van der Waals surface area (Å²) in [5, 5.41) is 6.69. The third-order valence-corrected chi connectivity index (χ3v) is 3.65. The molecule has 0 atom stereocenters. The number of ether oxygens (including phenoxy) is 1. The van der Waals surface area contributed by atoms with E-state index in [-0.39, 0.29) is 23.3 Å². The molecule has 0 N–H and O–H groups in total. The molecule has 13 heteroatoms. The predicted molar refractivity (Wildman–Crippen MR) is 82.3 cm³/mol. The van der Waals surface area contributed by atoms with Gasteiger partial charge in [-0.3, -0.25) is 4.68 Å². The van der Waals surface area contributed by atoms with Gasteiger partial charge in [-0.25, -0.2) is 9.67 Å². The van der Waals surface area contributed by atoms with E-state index in [1.165, 1.54) is 27.2 Å². The summed E-state index contributed by atoms with van der Waals surface area (Å²) in [7, 11) is 2.53. The fraction of sp³-hybridized carbons (Fsp3) is 0.333. The van der Waals surface area contributed by atoms with Crippen LogP contribution in [-0.4, -0.2) is 29.5 Å². The molecule has 0 aliphatic carbocycles. The van der Waals surface area contributed by atoms with Gasteiger partial charge in [-0.15, -0.1) is 0 Å². The molecule has 0 amide bonds. The lowest BCUT2D eigenvalue weighted by molar-refractivity contribution is -0.142. The van der Waals surface area contributed by atoms with E-state index in [0.717, 1.165) is 15.4 Å². The van der Waals surface area contributed by atoms with Crippen LogP contribution in [0.1, 0.15) is 17.0 Å². The van der Waals surface area contributed by atoms with Crippen molar-refractivity contribution in [2.75, 3.05) is 0 Å². The van der Waals surface area contributed by atoms with Crippen molar-refractivity contribution >= 4 is 0 Å². The minimum atomic E-state index is -4.66. The zero-order valence-corrected chi connectivity index (χ0v) is 14.6. The second-order valence-corrected chi connectivity index (χ2v) is 5.81. The van der Waals surface area contributed by atoms with Gasteiger partial charge in [0.25, 0.3) is 0 Å². The Balaban J connectivity index is 1.98. The van der Waals surface area contributed by atoms with Gasteiger partial charge in [0.2, 0.25) is 11.8 Å². The zero-order chi connectivity index (χ0) is 20.9. The van der Waals surface area contributed by atoms with E-state index in [0.29, 0.717) is 11.6 Å². The van der Waals surface area contributed by atoms with E-state index in [1.807, 2.05) is 0 Å². The van der Waals surface area contributed by atoms with Crippen molar-refractivity contribution in [1.82, 2.24) is 29.5 Å². The monoisotopic (exact) mass is 406 g/mol. The van der Waals surface area contributed by atoms with Gasteiger partial charge in [0.05, 0.1) is 0 Å². The van der Waals surface area contributed by atoms with Crippen LogP contribution < -0.4 is 4.74 Å². The molecule has 3 aromatic rings. The maximum atomic E-state index is 12.8. The zero-order valence-electron chi connectivity index (χ0n) is 14.6. The summed E-state index contributed by atoms with van der Waals surface area (Å²) >= 11 is 0. The Morgan fingerprint density at radius 1 is 0.893 bits per heavy atom. The fourth-order valence-corrected chi connectivity index (χ4v) is 2.25. The molecule has 0 saturated heterocycles. The average molecular weight is 406 g/mol. The lowest BCUT2D eigenvalue weighted by Crippen LogP contribution is -2.06. The average Bonchev–Trinajstić information content (AvgIpc) is 3.13. The van der Waals surface area contributed by atoms with Gasteiger partial charge in [0.15, 0.2) is 17.2 Å². The largest absolute Gasteiger partial charge is 0.435 e. The van der Waals surface area contributed by atoms with Crippen molar-refractivity contribution in [2.45, 2.75) is 19.3 Å². The molecule has 0 fully saturated rings. The second-order valence-electron chi connectivity index (χ2n) is 5.81. The summed E-state index contributed by atoms with van der Waals surface area (Å²) in [6, 6.07) is 1.45. The van der Waals surface area contributed by atoms with E-state index in [1.54, 1.807) is 0 Å². The number of hydrogen-bond acceptors (Lipinski definition) is 5. The molecular formula is C15H12F6N6O. The smallest absolute Gasteiger partial charge is 0.421 e. The van der Waals surface area contributed by atoms with E-state index in [4.69, 9.17) is 4.74 Å². The Labute approximate surface area is 153 Å². The van der Waals surface area contributed by atoms with E-state index >= 15 is 0 Å². The number of aryl methyl sites for hydroxylation is 3. The molecule has 7 nitrogen and oxygen atoms in total. The number of alkyl halides is 6. The van der Waals surface area contributed by atoms with Gasteiger partial charge in [0, 0.05) is 31.9 Å². The van der Waals surface area contributed by atoms with Crippen molar-refractivity contribution in [1.29, 1.82) is 0 Å². The number of aromatic nitrogens is 6. The molecule has 3 aromatic heterocycles. The summed E-state index contributed by atoms with van der Waals surface area (Å²) in [6.45, 7) is 1.53. The molecule has 0 radical (unpaired) electrons. The lowest BCUT2D eigenvalue weighted by atomic mass is 10.3. The maximum Gasteiger partial charge on any atom is 0.435 e. The minimum Gasteiger partial charge on any atom is -0.421 e. The van der Waals surface area contributed by atoms with Crippen molar-refractivity contribution in [3.8, 4) is 23.3 Å². The van der Waals surface area contributed by atoms with Gasteiger partial charge in [-0.1, -0.05) is 0 Å². The summed E-state index contributed by atoms with van der Waals surface area (Å²) in [6.07, 6.45) is -8.03. The molecule has 0 spiro atoms. The van der Waals surface area contributed by atoms with Gasteiger partial charge in [-0.2, -0.15) is 41.5 Å². The van der Waals surface area contributed by atoms with Gasteiger partial charge in [0.1, 0.15) is 5.69 Å². The van der Waals surface area contributed by atoms with Crippen LogP contribution in [0, 0.1) is 6.92 Å². The Bertz CT molecular complexity index is 1020. The molecule has 0 aliphatic heterocycles. The third-order valence-electron chi connectivity index (χ3n) is 3.65.